The summed E-state index contributed by atoms with van der Waals surface area (Å²) in [6.45, 7) is 13.3. The zero-order chi connectivity index (χ0) is 9.14. The Morgan fingerprint density at radius 2 is 2.00 bits per heavy atom. The summed E-state index contributed by atoms with van der Waals surface area (Å²) in [6, 6.07) is 6.03. The van der Waals surface area contributed by atoms with Gasteiger partial charge in [-0.2, -0.15) is 0 Å². The van der Waals surface area contributed by atoms with E-state index in [0.29, 0.717) is 5.92 Å². The molecule has 1 nitrogen and oxygen atoms in total. The van der Waals surface area contributed by atoms with E-state index in [1.165, 1.54) is 0 Å². The summed E-state index contributed by atoms with van der Waals surface area (Å²) >= 11 is 0. The molecule has 0 aliphatic rings. The van der Waals surface area contributed by atoms with Crippen LogP contribution in [0.5, 0.6) is 0 Å². The third kappa shape index (κ3) is 1.48. The second-order valence-electron chi connectivity index (χ2n) is 3.28. The Balaban J connectivity index is 3.30. The molecule has 0 N–H and O–H groups in total. The first-order valence-electron chi connectivity index (χ1n) is 4.13. The molecule has 0 saturated carbocycles. The molecule has 0 aliphatic carbocycles. The van der Waals surface area contributed by atoms with Crippen molar-refractivity contribution < 1.29 is 0 Å². The Kier molecular flexibility index (Phi) is 2.50. The lowest BCUT2D eigenvalue weighted by atomic mass is 9.99. The van der Waals surface area contributed by atoms with E-state index >= 15 is 0 Å². The smallest absolute Gasteiger partial charge is 0.193 e. The zero-order valence-electron chi connectivity index (χ0n) is 7.76. The van der Waals surface area contributed by atoms with Crippen LogP contribution in [-0.4, -0.2) is 0 Å². The van der Waals surface area contributed by atoms with E-state index in [4.69, 9.17) is 6.57 Å². The van der Waals surface area contributed by atoms with E-state index in [9.17, 15) is 0 Å². The fraction of sp³-hybridized carbons (Fsp3) is 0.364. The molecule has 0 fully saturated rings. The largest absolute Gasteiger partial charge is 0.238 e. The molecule has 0 radical (unpaired) electrons. The van der Waals surface area contributed by atoms with Gasteiger partial charge in [-0.25, -0.2) is 4.85 Å². The van der Waals surface area contributed by atoms with Crippen molar-refractivity contribution in [3.8, 4) is 0 Å². The summed E-state index contributed by atoms with van der Waals surface area (Å²) in [7, 11) is 0. The molecule has 0 unspecified atom stereocenters. The van der Waals surface area contributed by atoms with Gasteiger partial charge in [-0.05, 0) is 24.0 Å². The van der Waals surface area contributed by atoms with Gasteiger partial charge in [0.05, 0.1) is 6.57 Å². The molecule has 0 spiro atoms. The molecule has 1 aromatic rings. The number of rotatable bonds is 1. The van der Waals surface area contributed by atoms with E-state index in [1.54, 1.807) is 0 Å². The van der Waals surface area contributed by atoms with Crippen LogP contribution < -0.4 is 0 Å². The molecule has 0 atom stereocenters. The predicted octanol–water partition coefficient (Wildman–Crippen LogP) is 3.67. The van der Waals surface area contributed by atoms with E-state index in [0.717, 1.165) is 16.8 Å². The molecule has 0 amide bonds. The first kappa shape index (κ1) is 8.80. The average molecular weight is 159 g/mol. The lowest BCUT2D eigenvalue weighted by Crippen LogP contribution is -1.88. The number of hydrogen-bond donors (Lipinski definition) is 0. The third-order valence-electron chi connectivity index (χ3n) is 2.00. The van der Waals surface area contributed by atoms with Gasteiger partial charge in [0.2, 0.25) is 0 Å². The minimum absolute atomic E-state index is 0.439. The van der Waals surface area contributed by atoms with Gasteiger partial charge in [0.15, 0.2) is 5.69 Å². The van der Waals surface area contributed by atoms with Crippen molar-refractivity contribution in [1.82, 2.24) is 0 Å². The lowest BCUT2D eigenvalue weighted by molar-refractivity contribution is 0.870. The van der Waals surface area contributed by atoms with Gasteiger partial charge in [-0.1, -0.05) is 32.0 Å². The summed E-state index contributed by atoms with van der Waals surface area (Å²) in [4.78, 5) is 3.54. The van der Waals surface area contributed by atoms with Gasteiger partial charge < -0.3 is 0 Å². The van der Waals surface area contributed by atoms with Crippen molar-refractivity contribution in [3.63, 3.8) is 0 Å². The van der Waals surface area contributed by atoms with Gasteiger partial charge in [-0.3, -0.25) is 0 Å². The first-order valence-corrected chi connectivity index (χ1v) is 4.13. The highest BCUT2D eigenvalue weighted by Crippen LogP contribution is 2.29. The average Bonchev–Trinajstić information content (AvgIpc) is 2.03. The highest BCUT2D eigenvalue weighted by Gasteiger charge is 2.07. The molecule has 0 bridgehead atoms. The Labute approximate surface area is 73.9 Å². The second kappa shape index (κ2) is 3.40. The predicted molar refractivity (Wildman–Crippen MR) is 51.5 cm³/mol. The Bertz CT molecular complexity index is 318. The first-order chi connectivity index (χ1) is 5.66. The standard InChI is InChI=1S/C11H13N/c1-8(2)10-7-5-6-9(3)11(10)12-4/h5-8H,1-3H3. The normalized spacial score (nSPS) is 9.92. The Morgan fingerprint density at radius 1 is 1.33 bits per heavy atom. The maximum atomic E-state index is 7.04. The zero-order valence-corrected chi connectivity index (χ0v) is 7.76. The summed E-state index contributed by atoms with van der Waals surface area (Å²) in [5, 5.41) is 0. The van der Waals surface area contributed by atoms with Gasteiger partial charge in [0.25, 0.3) is 0 Å². The molecule has 12 heavy (non-hydrogen) atoms. The van der Waals surface area contributed by atoms with Crippen molar-refractivity contribution in [2.75, 3.05) is 0 Å². The molecular formula is C11H13N. The fourth-order valence-electron chi connectivity index (χ4n) is 1.30. The van der Waals surface area contributed by atoms with Crippen LogP contribution in [-0.2, 0) is 0 Å². The van der Waals surface area contributed by atoms with Gasteiger partial charge in [0.1, 0.15) is 0 Å². The fourth-order valence-corrected chi connectivity index (χ4v) is 1.30. The van der Waals surface area contributed by atoms with Crippen molar-refractivity contribution in [1.29, 1.82) is 0 Å². The topological polar surface area (TPSA) is 4.36 Å². The quantitative estimate of drug-likeness (QED) is 0.551. The van der Waals surface area contributed by atoms with Crippen LogP contribution in [0.1, 0.15) is 30.9 Å². The minimum Gasteiger partial charge on any atom is -0.238 e. The summed E-state index contributed by atoms with van der Waals surface area (Å²) in [5.74, 6) is 0.439. The Hall–Kier alpha value is -1.29. The highest BCUT2D eigenvalue weighted by atomic mass is 14.7. The van der Waals surface area contributed by atoms with Crippen molar-refractivity contribution in [3.05, 3.63) is 40.7 Å². The van der Waals surface area contributed by atoms with E-state index in [-0.39, 0.29) is 0 Å². The van der Waals surface area contributed by atoms with Crippen LogP contribution in [0, 0.1) is 13.5 Å². The van der Waals surface area contributed by atoms with Crippen LogP contribution in [0.25, 0.3) is 4.85 Å². The molecule has 0 aromatic heterocycles. The van der Waals surface area contributed by atoms with E-state index < -0.39 is 0 Å². The second-order valence-corrected chi connectivity index (χ2v) is 3.28. The van der Waals surface area contributed by atoms with Gasteiger partial charge >= 0.3 is 0 Å². The summed E-state index contributed by atoms with van der Waals surface area (Å²) in [6.07, 6.45) is 0. The SMILES string of the molecule is [C-]#[N+]c1c(C)cccc1C(C)C. The van der Waals surface area contributed by atoms with Gasteiger partial charge in [-0.15, -0.1) is 0 Å². The van der Waals surface area contributed by atoms with Crippen molar-refractivity contribution >= 4 is 5.69 Å². The monoisotopic (exact) mass is 159 g/mol. The minimum atomic E-state index is 0.439. The van der Waals surface area contributed by atoms with Crippen LogP contribution >= 0.6 is 0 Å². The number of benzene rings is 1. The lowest BCUT2D eigenvalue weighted by Gasteiger charge is -2.08. The number of nitrogens with zero attached hydrogens (tertiary/aromatic N) is 1. The number of para-hydroxylation sites is 1. The molecule has 1 aromatic carbocycles. The maximum absolute atomic E-state index is 7.04. The third-order valence-corrected chi connectivity index (χ3v) is 2.00. The summed E-state index contributed by atoms with van der Waals surface area (Å²) in [5.41, 5.74) is 3.06. The number of aryl methyl sites for hydroxylation is 1. The van der Waals surface area contributed by atoms with Gasteiger partial charge in [0, 0.05) is 0 Å². The van der Waals surface area contributed by atoms with E-state index in [2.05, 4.69) is 18.7 Å². The van der Waals surface area contributed by atoms with Crippen molar-refractivity contribution in [2.45, 2.75) is 26.7 Å². The molecule has 1 rings (SSSR count). The number of hydrogen-bond acceptors (Lipinski definition) is 0. The van der Waals surface area contributed by atoms with Crippen molar-refractivity contribution in [2.24, 2.45) is 0 Å². The molecule has 0 saturated heterocycles. The van der Waals surface area contributed by atoms with Crippen LogP contribution in [0.3, 0.4) is 0 Å². The molecular weight excluding hydrogens is 146 g/mol. The molecule has 0 aliphatic heterocycles. The molecule has 1 heteroatoms. The Morgan fingerprint density at radius 3 is 2.42 bits per heavy atom. The molecule has 0 heterocycles. The van der Waals surface area contributed by atoms with Crippen LogP contribution in [0.2, 0.25) is 0 Å². The van der Waals surface area contributed by atoms with Crippen LogP contribution in [0.4, 0.5) is 5.69 Å². The molecule has 62 valence electrons. The van der Waals surface area contributed by atoms with Crippen LogP contribution in [0.15, 0.2) is 18.2 Å². The maximum Gasteiger partial charge on any atom is 0.193 e. The summed E-state index contributed by atoms with van der Waals surface area (Å²) < 4.78 is 0. The highest BCUT2D eigenvalue weighted by molar-refractivity contribution is 5.59. The van der Waals surface area contributed by atoms with E-state index in [1.807, 2.05) is 25.1 Å².